The smallest absolute Gasteiger partial charge is 0.406 e. The number of halogens is 4. The van der Waals surface area contributed by atoms with Gasteiger partial charge in [0.15, 0.2) is 0 Å². The van der Waals surface area contributed by atoms with Crippen LogP contribution in [0.4, 0.5) is 13.2 Å². The number of nitrogens with zero attached hydrogens (tertiary/aromatic N) is 1. The number of hydrogen-bond donors (Lipinski definition) is 1. The van der Waals surface area contributed by atoms with Gasteiger partial charge in [0.25, 0.3) is 0 Å². The van der Waals surface area contributed by atoms with Gasteiger partial charge >= 0.3 is 6.36 Å². The zero-order valence-electron chi connectivity index (χ0n) is 14.1. The van der Waals surface area contributed by atoms with Gasteiger partial charge in [0.05, 0.1) is 0 Å². The van der Waals surface area contributed by atoms with Gasteiger partial charge in [0.2, 0.25) is 0 Å². The molecule has 1 saturated heterocycles. The highest BCUT2D eigenvalue weighted by Crippen LogP contribution is 2.41. The second kappa shape index (κ2) is 8.27. The molecule has 1 aromatic carbocycles. The normalized spacial score (nSPS) is 21.9. The van der Waals surface area contributed by atoms with E-state index in [1.54, 1.807) is 6.07 Å². The van der Waals surface area contributed by atoms with Gasteiger partial charge in [-0.15, -0.1) is 13.2 Å². The lowest BCUT2D eigenvalue weighted by Gasteiger charge is -2.41. The van der Waals surface area contributed by atoms with Gasteiger partial charge in [-0.25, -0.2) is 0 Å². The maximum Gasteiger partial charge on any atom is 0.573 e. The summed E-state index contributed by atoms with van der Waals surface area (Å²) in [6.07, 6.45) is 1.26. The Bertz CT molecular complexity index is 552. The van der Waals surface area contributed by atoms with Crippen LogP contribution in [0.15, 0.2) is 22.7 Å². The van der Waals surface area contributed by atoms with Gasteiger partial charge in [-0.1, -0.05) is 35.2 Å². The Hall–Kier alpha value is -0.790. The summed E-state index contributed by atoms with van der Waals surface area (Å²) in [6, 6.07) is 5.05. The molecule has 25 heavy (non-hydrogen) atoms. The van der Waals surface area contributed by atoms with Gasteiger partial charge in [-0.05, 0) is 42.5 Å². The van der Waals surface area contributed by atoms with Crippen molar-refractivity contribution >= 4 is 15.9 Å². The summed E-state index contributed by atoms with van der Waals surface area (Å²) in [7, 11) is 0. The molecule has 3 rings (SSSR count). The minimum absolute atomic E-state index is 0.146. The maximum atomic E-state index is 12.7. The second-order valence-electron chi connectivity index (χ2n) is 6.90. The Labute approximate surface area is 155 Å². The first-order valence-electron chi connectivity index (χ1n) is 8.93. The van der Waals surface area contributed by atoms with Crippen molar-refractivity contribution in [2.24, 2.45) is 5.92 Å². The Morgan fingerprint density at radius 2 is 1.76 bits per heavy atom. The van der Waals surface area contributed by atoms with Gasteiger partial charge in [0, 0.05) is 36.7 Å². The first kappa shape index (κ1) is 19.0. The molecule has 1 saturated carbocycles. The lowest BCUT2D eigenvalue weighted by atomic mass is 9.80. The summed E-state index contributed by atoms with van der Waals surface area (Å²) in [5, 5.41) is 3.35. The lowest BCUT2D eigenvalue weighted by Crippen LogP contribution is -2.47. The summed E-state index contributed by atoms with van der Waals surface area (Å²) in [6.45, 7) is 3.68. The molecular weight excluding hydrogens is 397 g/mol. The summed E-state index contributed by atoms with van der Waals surface area (Å²) in [5.74, 6) is 0.340. The molecule has 0 aromatic heterocycles. The van der Waals surface area contributed by atoms with Crippen LogP contribution in [-0.2, 0) is 0 Å². The topological polar surface area (TPSA) is 24.5 Å². The average molecular weight is 421 g/mol. The highest BCUT2D eigenvalue weighted by atomic mass is 79.9. The van der Waals surface area contributed by atoms with Gasteiger partial charge in [-0.3, -0.25) is 4.90 Å². The van der Waals surface area contributed by atoms with E-state index in [1.165, 1.54) is 25.3 Å². The van der Waals surface area contributed by atoms with Crippen LogP contribution in [0.2, 0.25) is 0 Å². The van der Waals surface area contributed by atoms with Crippen LogP contribution in [-0.4, -0.2) is 37.4 Å². The van der Waals surface area contributed by atoms with Crippen LogP contribution in [0.3, 0.4) is 0 Å². The quantitative estimate of drug-likeness (QED) is 0.751. The van der Waals surface area contributed by atoms with Gasteiger partial charge in [0.1, 0.15) is 5.75 Å². The molecule has 1 atom stereocenters. The van der Waals surface area contributed by atoms with E-state index in [9.17, 15) is 13.2 Å². The van der Waals surface area contributed by atoms with Crippen molar-refractivity contribution in [2.45, 2.75) is 44.5 Å². The molecule has 3 nitrogen and oxygen atoms in total. The molecule has 2 aliphatic rings. The molecule has 1 aliphatic carbocycles. The first-order chi connectivity index (χ1) is 11.9. The van der Waals surface area contributed by atoms with E-state index in [2.05, 4.69) is 30.9 Å². The molecule has 2 fully saturated rings. The monoisotopic (exact) mass is 420 g/mol. The van der Waals surface area contributed by atoms with E-state index in [0.29, 0.717) is 10.4 Å². The van der Waals surface area contributed by atoms with Crippen molar-refractivity contribution in [3.05, 3.63) is 28.2 Å². The summed E-state index contributed by atoms with van der Waals surface area (Å²) in [5.41, 5.74) is 0.919. The fraction of sp³-hybridized carbons (Fsp3) is 0.667. The number of alkyl halides is 3. The molecule has 1 aromatic rings. The molecule has 7 heteroatoms. The van der Waals surface area contributed by atoms with E-state index in [1.807, 2.05) is 6.07 Å². The third-order valence-electron chi connectivity index (χ3n) is 5.11. The third kappa shape index (κ3) is 5.34. The second-order valence-corrected chi connectivity index (χ2v) is 7.81. The van der Waals surface area contributed by atoms with Crippen LogP contribution in [0.1, 0.15) is 43.7 Å². The molecule has 1 N–H and O–H groups in total. The molecule has 140 valence electrons. The molecule has 1 aliphatic heterocycles. The highest BCUT2D eigenvalue weighted by molar-refractivity contribution is 9.10. The average Bonchev–Trinajstić information content (AvgIpc) is 2.55. The molecule has 0 radical (unpaired) electrons. The Morgan fingerprint density at radius 1 is 1.08 bits per heavy atom. The van der Waals surface area contributed by atoms with E-state index >= 15 is 0 Å². The number of nitrogens with one attached hydrogen (secondary N) is 1. The standard InChI is InChI=1S/C18H24BrF3N2O/c19-15-10-14(11-16(12-15)25-18(20,21)22)17(13-4-2-1-3-5-13)24-8-6-23-7-9-24/h10-13,17,23H,1-9H2/t17-/m0/s1. The minimum atomic E-state index is -4.67. The van der Waals surface area contributed by atoms with Crippen molar-refractivity contribution in [1.82, 2.24) is 10.2 Å². The van der Waals surface area contributed by atoms with Crippen molar-refractivity contribution in [3.63, 3.8) is 0 Å². The summed E-state index contributed by atoms with van der Waals surface area (Å²) in [4.78, 5) is 2.42. The van der Waals surface area contributed by atoms with E-state index in [4.69, 9.17) is 0 Å². The molecule has 0 amide bonds. The Morgan fingerprint density at radius 3 is 2.40 bits per heavy atom. The van der Waals surface area contributed by atoms with Gasteiger partial charge in [-0.2, -0.15) is 0 Å². The molecule has 0 bridgehead atoms. The predicted molar refractivity (Wildman–Crippen MR) is 94.6 cm³/mol. The van der Waals surface area contributed by atoms with Crippen LogP contribution in [0, 0.1) is 5.92 Å². The van der Waals surface area contributed by atoms with Crippen molar-refractivity contribution in [2.75, 3.05) is 26.2 Å². The van der Waals surface area contributed by atoms with Gasteiger partial charge < -0.3 is 10.1 Å². The zero-order valence-corrected chi connectivity index (χ0v) is 15.7. The van der Waals surface area contributed by atoms with E-state index < -0.39 is 6.36 Å². The highest BCUT2D eigenvalue weighted by Gasteiger charge is 2.34. The Kier molecular flexibility index (Phi) is 6.28. The fourth-order valence-electron chi connectivity index (χ4n) is 4.14. The number of ether oxygens (including phenoxy) is 1. The minimum Gasteiger partial charge on any atom is -0.406 e. The van der Waals surface area contributed by atoms with Crippen molar-refractivity contribution in [3.8, 4) is 5.75 Å². The predicted octanol–water partition coefficient (Wildman–Crippen LogP) is 4.87. The SMILES string of the molecule is FC(F)(F)Oc1cc(Br)cc([C@H](C2CCCCC2)N2CCNCC2)c1. The first-order valence-corrected chi connectivity index (χ1v) is 9.73. The number of hydrogen-bond acceptors (Lipinski definition) is 3. The van der Waals surface area contributed by atoms with Crippen LogP contribution in [0.5, 0.6) is 5.75 Å². The fourth-order valence-corrected chi connectivity index (χ4v) is 4.63. The number of piperazine rings is 1. The van der Waals surface area contributed by atoms with Crippen LogP contribution in [0.25, 0.3) is 0 Å². The van der Waals surface area contributed by atoms with Crippen molar-refractivity contribution in [1.29, 1.82) is 0 Å². The summed E-state index contributed by atoms with van der Waals surface area (Å²) >= 11 is 3.36. The van der Waals surface area contributed by atoms with E-state index in [-0.39, 0.29) is 11.8 Å². The third-order valence-corrected chi connectivity index (χ3v) is 5.57. The molecular formula is C18H24BrF3N2O. The van der Waals surface area contributed by atoms with Crippen LogP contribution < -0.4 is 10.1 Å². The summed E-state index contributed by atoms with van der Waals surface area (Å²) < 4.78 is 42.8. The largest absolute Gasteiger partial charge is 0.573 e. The number of rotatable bonds is 4. The Balaban J connectivity index is 1.91. The number of benzene rings is 1. The lowest BCUT2D eigenvalue weighted by molar-refractivity contribution is -0.274. The van der Waals surface area contributed by atoms with Crippen molar-refractivity contribution < 1.29 is 17.9 Å². The van der Waals surface area contributed by atoms with E-state index in [0.717, 1.165) is 44.6 Å². The molecule has 0 unspecified atom stereocenters. The zero-order chi connectivity index (χ0) is 17.9. The maximum absolute atomic E-state index is 12.7. The molecule has 1 heterocycles. The molecule has 0 spiro atoms. The van der Waals surface area contributed by atoms with Crippen LogP contribution >= 0.6 is 15.9 Å².